The standard InChI is InChI=1S/C51H39N2O.C14H15FNSi.Ir/c1-31(2)42-28-38(35-23-21-34(22-24-35)33-13-6-5-7-14-33)29-43(32(3)4)49(42)53-47-20-11-10-19-46(47)52-51(53)41-18-12-17-40-45-27-37-26-25-36-15-8-9-16-39(36)44(37)30-48(45)54-50(40)41;1-17(2,3)13-8-9-14(16-10-13)11-4-6-12(15)7-5-11;/h5-17,19-32H,1-4H3;4,6-10H,1-3H3;/q2*-1;. The molecule has 12 rings (SSSR count). The van der Waals surface area contributed by atoms with E-state index in [0.29, 0.717) is 0 Å². The number of benzene rings is 9. The number of pyridine rings is 1. The zero-order valence-corrected chi connectivity index (χ0v) is 44.9. The molecule has 3 heterocycles. The van der Waals surface area contributed by atoms with Crippen LogP contribution in [0.2, 0.25) is 19.6 Å². The van der Waals surface area contributed by atoms with Gasteiger partial charge >= 0.3 is 0 Å². The Hall–Kier alpha value is -7.28. The SMILES string of the molecule is CC(C)c1cc(-c2ccc(-c3ccccc3)cc2)cc(C(C)C)c1-n1c(-c2[c-]ccc3c2oc2cc4c(ccc5ccccc54)cc23)nc2ccccc21.C[Si](C)(C)c1ccc(-c2[c-]cc(F)cc2)nc1.[Ir]. The molecule has 1 radical (unpaired) electrons. The van der Waals surface area contributed by atoms with Crippen LogP contribution in [0, 0.1) is 17.9 Å². The van der Waals surface area contributed by atoms with Crippen LogP contribution >= 0.6 is 0 Å². The van der Waals surface area contributed by atoms with Gasteiger partial charge in [-0.25, -0.2) is 0 Å². The topological polar surface area (TPSA) is 43.9 Å². The second-order valence-corrected chi connectivity index (χ2v) is 25.2. The van der Waals surface area contributed by atoms with Crippen molar-refractivity contribution >= 4 is 67.8 Å². The second-order valence-electron chi connectivity index (χ2n) is 20.2. The molecule has 0 aliphatic rings. The molecule has 0 fully saturated rings. The maximum Gasteiger partial charge on any atom is 0.121 e. The van der Waals surface area contributed by atoms with Gasteiger partial charge in [-0.05, 0) is 114 Å². The first-order valence-electron chi connectivity index (χ1n) is 24.5. The third kappa shape index (κ3) is 9.13. The van der Waals surface area contributed by atoms with Crippen molar-refractivity contribution in [1.29, 1.82) is 0 Å². The summed E-state index contributed by atoms with van der Waals surface area (Å²) in [5.41, 5.74) is 14.8. The van der Waals surface area contributed by atoms with Crippen LogP contribution in [-0.4, -0.2) is 22.6 Å². The van der Waals surface area contributed by atoms with E-state index in [1.165, 1.54) is 77.9 Å². The molecule has 12 aromatic rings. The summed E-state index contributed by atoms with van der Waals surface area (Å²) in [6.07, 6.45) is 1.93. The Labute approximate surface area is 435 Å². The monoisotopic (exact) mass is 1130 g/mol. The Kier molecular flexibility index (Phi) is 13.2. The van der Waals surface area contributed by atoms with Gasteiger partial charge in [-0.2, -0.15) is 0 Å². The Morgan fingerprint density at radius 2 is 1.25 bits per heavy atom. The Morgan fingerprint density at radius 3 is 1.93 bits per heavy atom. The molecule has 0 unspecified atom stereocenters. The van der Waals surface area contributed by atoms with E-state index in [4.69, 9.17) is 9.40 Å². The van der Waals surface area contributed by atoms with Crippen molar-refractivity contribution in [3.8, 4) is 50.6 Å². The molecule has 0 atom stereocenters. The largest absolute Gasteiger partial charge is 0.501 e. The zero-order valence-electron chi connectivity index (χ0n) is 41.5. The fourth-order valence-electron chi connectivity index (χ4n) is 9.86. The van der Waals surface area contributed by atoms with E-state index in [0.717, 1.165) is 55.6 Å². The molecule has 0 bridgehead atoms. The number of furan rings is 1. The van der Waals surface area contributed by atoms with Crippen molar-refractivity contribution in [2.75, 3.05) is 0 Å². The van der Waals surface area contributed by atoms with Crippen LogP contribution in [0.5, 0.6) is 0 Å². The smallest absolute Gasteiger partial charge is 0.121 e. The third-order valence-electron chi connectivity index (χ3n) is 13.7. The first kappa shape index (κ1) is 48.3. The first-order valence-corrected chi connectivity index (χ1v) is 28.0. The Balaban J connectivity index is 0.000000282. The van der Waals surface area contributed by atoms with Crippen LogP contribution in [-0.2, 0) is 20.1 Å². The maximum absolute atomic E-state index is 12.8. The maximum atomic E-state index is 12.8. The van der Waals surface area contributed by atoms with Crippen molar-refractivity contribution < 1.29 is 28.9 Å². The molecule has 0 amide bonds. The molecular formula is C65H54FIrN3OSi-2. The minimum atomic E-state index is -1.30. The van der Waals surface area contributed by atoms with Crippen LogP contribution in [0.4, 0.5) is 4.39 Å². The normalized spacial score (nSPS) is 11.8. The van der Waals surface area contributed by atoms with E-state index in [1.54, 1.807) is 6.07 Å². The van der Waals surface area contributed by atoms with Crippen molar-refractivity contribution in [3.05, 3.63) is 217 Å². The van der Waals surface area contributed by atoms with Gasteiger partial charge in [0.05, 0.1) is 30.5 Å². The summed E-state index contributed by atoms with van der Waals surface area (Å²) < 4.78 is 22.0. The van der Waals surface area contributed by atoms with Gasteiger partial charge in [0.2, 0.25) is 0 Å². The third-order valence-corrected chi connectivity index (χ3v) is 15.8. The number of para-hydroxylation sites is 2. The first-order chi connectivity index (χ1) is 34.4. The Bertz CT molecular complexity index is 3880. The average Bonchev–Trinajstić information content (AvgIpc) is 3.96. The van der Waals surface area contributed by atoms with Crippen molar-refractivity contribution in [2.45, 2.75) is 59.2 Å². The number of hydrogen-bond donors (Lipinski definition) is 0. The summed E-state index contributed by atoms with van der Waals surface area (Å²) in [7, 11) is -1.30. The summed E-state index contributed by atoms with van der Waals surface area (Å²) in [5, 5.41) is 8.32. The van der Waals surface area contributed by atoms with Gasteiger partial charge in [0.25, 0.3) is 0 Å². The minimum absolute atomic E-state index is 0. The number of imidazole rings is 1. The number of aromatic nitrogens is 3. The summed E-state index contributed by atoms with van der Waals surface area (Å²) in [5.74, 6) is 1.07. The molecule has 0 saturated carbocycles. The molecule has 0 N–H and O–H groups in total. The Morgan fingerprint density at radius 1 is 0.583 bits per heavy atom. The number of rotatable bonds is 8. The fraction of sp³-hybridized carbons (Fsp3) is 0.138. The molecule has 3 aromatic heterocycles. The van der Waals surface area contributed by atoms with E-state index >= 15 is 0 Å². The number of fused-ring (bicyclic) bond motifs is 7. The molecule has 0 saturated heterocycles. The van der Waals surface area contributed by atoms with Crippen LogP contribution in [0.1, 0.15) is 50.7 Å². The molecular weight excluding hydrogens is 1080 g/mol. The van der Waals surface area contributed by atoms with Gasteiger partial charge < -0.3 is 14.0 Å². The van der Waals surface area contributed by atoms with E-state index in [2.05, 4.69) is 221 Å². The predicted octanol–water partition coefficient (Wildman–Crippen LogP) is 17.5. The summed E-state index contributed by atoms with van der Waals surface area (Å²) in [6.45, 7) is 16.0. The molecule has 0 aliphatic heterocycles. The minimum Gasteiger partial charge on any atom is -0.501 e. The van der Waals surface area contributed by atoms with Crippen molar-refractivity contribution in [1.82, 2.24) is 14.5 Å². The fourth-order valence-corrected chi connectivity index (χ4v) is 10.9. The molecule has 0 aliphatic carbocycles. The van der Waals surface area contributed by atoms with E-state index in [-0.39, 0.29) is 37.8 Å². The second kappa shape index (κ2) is 19.7. The zero-order chi connectivity index (χ0) is 49.0. The van der Waals surface area contributed by atoms with Crippen molar-refractivity contribution in [2.24, 2.45) is 0 Å². The summed E-state index contributed by atoms with van der Waals surface area (Å²) >= 11 is 0. The molecule has 357 valence electrons. The van der Waals surface area contributed by atoms with E-state index < -0.39 is 8.07 Å². The van der Waals surface area contributed by atoms with E-state index in [1.807, 2.05) is 18.3 Å². The molecule has 9 aromatic carbocycles. The number of halogens is 1. The molecule has 72 heavy (non-hydrogen) atoms. The predicted molar refractivity (Wildman–Crippen MR) is 298 cm³/mol. The van der Waals surface area contributed by atoms with Gasteiger partial charge in [-0.3, -0.25) is 9.37 Å². The molecule has 4 nitrogen and oxygen atoms in total. The van der Waals surface area contributed by atoms with Gasteiger partial charge in [-0.15, -0.1) is 48.0 Å². The summed E-state index contributed by atoms with van der Waals surface area (Å²) in [4.78, 5) is 9.79. The van der Waals surface area contributed by atoms with Crippen molar-refractivity contribution in [3.63, 3.8) is 0 Å². The van der Waals surface area contributed by atoms with E-state index in [9.17, 15) is 4.39 Å². The van der Waals surface area contributed by atoms with Crippen LogP contribution < -0.4 is 5.19 Å². The van der Waals surface area contributed by atoms with Crippen LogP contribution in [0.25, 0.3) is 105 Å². The summed E-state index contributed by atoms with van der Waals surface area (Å²) in [6, 6.07) is 69.5. The van der Waals surface area contributed by atoms with Gasteiger partial charge in [-0.1, -0.05) is 174 Å². The number of nitrogens with zero attached hydrogens (tertiary/aromatic N) is 3. The van der Waals surface area contributed by atoms with Crippen LogP contribution in [0.15, 0.2) is 193 Å². The average molecular weight is 1130 g/mol. The van der Waals surface area contributed by atoms with Gasteiger partial charge in [0.15, 0.2) is 0 Å². The molecule has 7 heteroatoms. The van der Waals surface area contributed by atoms with Gasteiger partial charge in [0.1, 0.15) is 5.58 Å². The van der Waals surface area contributed by atoms with Crippen LogP contribution in [0.3, 0.4) is 0 Å². The number of hydrogen-bond acceptors (Lipinski definition) is 3. The quantitative estimate of drug-likeness (QED) is 0.0865. The molecule has 0 spiro atoms. The van der Waals surface area contributed by atoms with Gasteiger partial charge in [0, 0.05) is 43.2 Å².